The van der Waals surface area contributed by atoms with Gasteiger partial charge in [-0.15, -0.1) is 5.10 Å². The molecule has 0 aliphatic carbocycles. The summed E-state index contributed by atoms with van der Waals surface area (Å²) >= 11 is 0. The molecule has 1 amide bonds. The summed E-state index contributed by atoms with van der Waals surface area (Å²) in [5.74, 6) is 0.369. The van der Waals surface area contributed by atoms with Crippen molar-refractivity contribution in [3.05, 3.63) is 11.8 Å². The number of hydrogen-bond acceptors (Lipinski definition) is 5. The Bertz CT molecular complexity index is 495. The first-order valence-electron chi connectivity index (χ1n) is 7.64. The first-order chi connectivity index (χ1) is 10.5. The zero-order valence-electron chi connectivity index (χ0n) is 13.9. The topological polar surface area (TPSA) is 59.8 Å². The lowest BCUT2D eigenvalue weighted by molar-refractivity contribution is 0.0274. The molecule has 1 saturated heterocycles. The molecule has 0 aromatic carbocycles. The number of methoxy groups -OCH3 is 1. The summed E-state index contributed by atoms with van der Waals surface area (Å²) in [7, 11) is 7.35. The van der Waals surface area contributed by atoms with Crippen molar-refractivity contribution in [2.45, 2.75) is 18.9 Å². The summed E-state index contributed by atoms with van der Waals surface area (Å²) in [5, 5.41) is 4.18. The Balaban J connectivity index is 2.20. The van der Waals surface area contributed by atoms with E-state index in [0.717, 1.165) is 19.4 Å². The second kappa shape index (κ2) is 7.60. The van der Waals surface area contributed by atoms with Crippen molar-refractivity contribution in [1.82, 2.24) is 19.6 Å². The largest absolute Gasteiger partial charge is 0.479 e. The Morgan fingerprint density at radius 3 is 2.68 bits per heavy atom. The molecule has 1 aliphatic heterocycles. The van der Waals surface area contributed by atoms with Crippen molar-refractivity contribution in [2.24, 2.45) is 7.05 Å². The van der Waals surface area contributed by atoms with Crippen molar-refractivity contribution in [3.8, 4) is 5.88 Å². The number of aromatic nitrogens is 2. The maximum absolute atomic E-state index is 13.0. The monoisotopic (exact) mass is 310 g/mol. The van der Waals surface area contributed by atoms with Crippen LogP contribution in [0.25, 0.3) is 0 Å². The molecule has 0 N–H and O–H groups in total. The van der Waals surface area contributed by atoms with E-state index in [1.807, 2.05) is 19.0 Å². The maximum Gasteiger partial charge on any atom is 0.261 e. The predicted molar refractivity (Wildman–Crippen MR) is 83.2 cm³/mol. The van der Waals surface area contributed by atoms with Crippen LogP contribution in [0.4, 0.5) is 0 Å². The van der Waals surface area contributed by atoms with E-state index in [2.05, 4.69) is 10.00 Å². The molecule has 1 fully saturated rings. The number of rotatable bonds is 6. The molecule has 124 valence electrons. The number of carbonyl (C=O) groups excluding carboxylic acids is 1. The van der Waals surface area contributed by atoms with Crippen LogP contribution in [0.2, 0.25) is 0 Å². The van der Waals surface area contributed by atoms with Gasteiger partial charge in [-0.05, 0) is 26.9 Å². The summed E-state index contributed by atoms with van der Waals surface area (Å²) < 4.78 is 12.3. The fourth-order valence-corrected chi connectivity index (χ4v) is 2.67. The quantitative estimate of drug-likeness (QED) is 0.770. The molecule has 0 atom stereocenters. The Morgan fingerprint density at radius 2 is 2.09 bits per heavy atom. The normalized spacial score (nSPS) is 16.0. The van der Waals surface area contributed by atoms with Gasteiger partial charge in [0.1, 0.15) is 5.56 Å². The molecule has 1 aromatic heterocycles. The van der Waals surface area contributed by atoms with E-state index in [1.165, 1.54) is 7.11 Å². The standard InChI is InChI=1S/C15H26N4O3/c1-17(2)7-8-19(12-5-9-22-10-6-12)15(20)13-11-18(3)16-14(13)21-4/h11-12H,5-10H2,1-4H3. The lowest BCUT2D eigenvalue weighted by Crippen LogP contribution is -2.46. The number of hydrogen-bond donors (Lipinski definition) is 0. The SMILES string of the molecule is COc1nn(C)cc1C(=O)N(CCN(C)C)C1CCOCC1. The van der Waals surface area contributed by atoms with Crippen LogP contribution in [0.1, 0.15) is 23.2 Å². The van der Waals surface area contributed by atoms with E-state index in [-0.39, 0.29) is 11.9 Å². The first kappa shape index (κ1) is 16.8. The van der Waals surface area contributed by atoms with Crippen molar-refractivity contribution in [2.75, 3.05) is 47.5 Å². The minimum Gasteiger partial charge on any atom is -0.479 e. The molecule has 1 aliphatic rings. The highest BCUT2D eigenvalue weighted by molar-refractivity contribution is 5.96. The molecular formula is C15H26N4O3. The van der Waals surface area contributed by atoms with Gasteiger partial charge < -0.3 is 19.3 Å². The minimum absolute atomic E-state index is 0.0151. The van der Waals surface area contributed by atoms with E-state index in [4.69, 9.17) is 9.47 Å². The number of likely N-dealkylation sites (N-methyl/N-ethyl adjacent to an activating group) is 1. The van der Waals surface area contributed by atoms with E-state index in [0.29, 0.717) is 31.2 Å². The van der Waals surface area contributed by atoms with Gasteiger partial charge in [0, 0.05) is 45.6 Å². The molecule has 1 aromatic rings. The van der Waals surface area contributed by atoms with E-state index < -0.39 is 0 Å². The van der Waals surface area contributed by atoms with Gasteiger partial charge in [-0.3, -0.25) is 9.48 Å². The van der Waals surface area contributed by atoms with Gasteiger partial charge in [0.25, 0.3) is 5.91 Å². The van der Waals surface area contributed by atoms with Gasteiger partial charge in [-0.25, -0.2) is 0 Å². The highest BCUT2D eigenvalue weighted by Gasteiger charge is 2.29. The zero-order valence-corrected chi connectivity index (χ0v) is 13.9. The molecule has 22 heavy (non-hydrogen) atoms. The zero-order chi connectivity index (χ0) is 16.1. The third-order valence-electron chi connectivity index (χ3n) is 3.90. The van der Waals surface area contributed by atoms with Crippen LogP contribution >= 0.6 is 0 Å². The van der Waals surface area contributed by atoms with Crippen LogP contribution in [-0.4, -0.2) is 79.0 Å². The van der Waals surface area contributed by atoms with Crippen LogP contribution in [0.5, 0.6) is 5.88 Å². The fraction of sp³-hybridized carbons (Fsp3) is 0.733. The molecule has 2 rings (SSSR count). The Kier molecular flexibility index (Phi) is 5.79. The fourth-order valence-electron chi connectivity index (χ4n) is 2.67. The predicted octanol–water partition coefficient (Wildman–Crippen LogP) is 0.612. The minimum atomic E-state index is -0.0151. The number of amides is 1. The first-order valence-corrected chi connectivity index (χ1v) is 7.64. The van der Waals surface area contributed by atoms with E-state index >= 15 is 0 Å². The molecule has 7 nitrogen and oxygen atoms in total. The summed E-state index contributed by atoms with van der Waals surface area (Å²) in [4.78, 5) is 17.0. The highest BCUT2D eigenvalue weighted by Crippen LogP contribution is 2.22. The lowest BCUT2D eigenvalue weighted by atomic mass is 10.1. The maximum atomic E-state index is 13.0. The van der Waals surface area contributed by atoms with Gasteiger partial charge in [0.2, 0.25) is 5.88 Å². The summed E-state index contributed by atoms with van der Waals surface area (Å²) in [6.45, 7) is 2.93. The van der Waals surface area contributed by atoms with Crippen molar-refractivity contribution < 1.29 is 14.3 Å². The molecule has 0 saturated carbocycles. The third-order valence-corrected chi connectivity index (χ3v) is 3.90. The average Bonchev–Trinajstić information content (AvgIpc) is 2.89. The Hall–Kier alpha value is -1.60. The molecule has 0 radical (unpaired) electrons. The molecule has 0 unspecified atom stereocenters. The molecule has 2 heterocycles. The van der Waals surface area contributed by atoms with E-state index in [9.17, 15) is 4.79 Å². The molecule has 0 spiro atoms. The van der Waals surface area contributed by atoms with E-state index in [1.54, 1.807) is 17.9 Å². The Labute approximate surface area is 131 Å². The average molecular weight is 310 g/mol. The second-order valence-corrected chi connectivity index (χ2v) is 5.87. The number of carbonyl (C=O) groups is 1. The van der Waals surface area contributed by atoms with Crippen molar-refractivity contribution in [1.29, 1.82) is 0 Å². The number of aryl methyl sites for hydroxylation is 1. The van der Waals surface area contributed by atoms with Crippen molar-refractivity contribution >= 4 is 5.91 Å². The lowest BCUT2D eigenvalue weighted by Gasteiger charge is -2.35. The van der Waals surface area contributed by atoms with Gasteiger partial charge in [-0.1, -0.05) is 0 Å². The third kappa shape index (κ3) is 3.98. The summed E-state index contributed by atoms with van der Waals surface area (Å²) in [6, 6.07) is 0.214. The molecule has 7 heteroatoms. The molecule has 0 bridgehead atoms. The Morgan fingerprint density at radius 1 is 1.41 bits per heavy atom. The second-order valence-electron chi connectivity index (χ2n) is 5.87. The van der Waals surface area contributed by atoms with Gasteiger partial charge in [-0.2, -0.15) is 0 Å². The highest BCUT2D eigenvalue weighted by atomic mass is 16.5. The van der Waals surface area contributed by atoms with Crippen molar-refractivity contribution in [3.63, 3.8) is 0 Å². The smallest absolute Gasteiger partial charge is 0.261 e. The molecular weight excluding hydrogens is 284 g/mol. The number of ether oxygens (including phenoxy) is 2. The van der Waals surface area contributed by atoms with Gasteiger partial charge in [0.05, 0.1) is 7.11 Å². The summed E-state index contributed by atoms with van der Waals surface area (Å²) in [6.07, 6.45) is 3.48. The van der Waals surface area contributed by atoms with Crippen LogP contribution in [0.15, 0.2) is 6.20 Å². The van der Waals surface area contributed by atoms with Gasteiger partial charge in [0.15, 0.2) is 0 Å². The number of nitrogens with zero attached hydrogens (tertiary/aromatic N) is 4. The van der Waals surface area contributed by atoms with Crippen LogP contribution in [-0.2, 0) is 11.8 Å². The summed E-state index contributed by atoms with van der Waals surface area (Å²) in [5.41, 5.74) is 0.523. The van der Waals surface area contributed by atoms with Crippen LogP contribution in [0, 0.1) is 0 Å². The van der Waals surface area contributed by atoms with Gasteiger partial charge >= 0.3 is 0 Å². The van der Waals surface area contributed by atoms with Crippen LogP contribution in [0.3, 0.4) is 0 Å². The van der Waals surface area contributed by atoms with Crippen LogP contribution < -0.4 is 4.74 Å².